The lowest BCUT2D eigenvalue weighted by molar-refractivity contribution is -0.192. The largest absolute Gasteiger partial charge is 0.490 e. The van der Waals surface area contributed by atoms with Crippen molar-refractivity contribution in [1.82, 2.24) is 29.4 Å². The highest BCUT2D eigenvalue weighted by Crippen LogP contribution is 2.21. The lowest BCUT2D eigenvalue weighted by atomic mass is 9.91. The Bertz CT molecular complexity index is 1410. The first-order valence-electron chi connectivity index (χ1n) is 11.5. The second kappa shape index (κ2) is 11.2. The third kappa shape index (κ3) is 6.42. The van der Waals surface area contributed by atoms with Crippen LogP contribution < -0.4 is 16.4 Å². The first-order valence-corrected chi connectivity index (χ1v) is 11.5. The van der Waals surface area contributed by atoms with Crippen molar-refractivity contribution in [2.75, 3.05) is 10.6 Å². The number of anilines is 2. The van der Waals surface area contributed by atoms with Gasteiger partial charge in [-0.15, -0.1) is 0 Å². The molecule has 1 fully saturated rings. The maximum atomic E-state index is 12.9. The maximum Gasteiger partial charge on any atom is 0.490 e. The van der Waals surface area contributed by atoms with Crippen LogP contribution in [-0.4, -0.2) is 64.6 Å². The number of hydrogen-bond donors (Lipinski definition) is 4. The summed E-state index contributed by atoms with van der Waals surface area (Å²) in [5.41, 5.74) is 8.47. The van der Waals surface area contributed by atoms with Crippen LogP contribution in [0.4, 0.5) is 24.7 Å². The van der Waals surface area contributed by atoms with E-state index < -0.39 is 12.1 Å². The summed E-state index contributed by atoms with van der Waals surface area (Å²) in [5, 5.41) is 21.9. The van der Waals surface area contributed by atoms with E-state index in [9.17, 15) is 18.0 Å². The zero-order valence-electron chi connectivity index (χ0n) is 19.8. The van der Waals surface area contributed by atoms with Gasteiger partial charge in [0.2, 0.25) is 0 Å². The van der Waals surface area contributed by atoms with Crippen LogP contribution in [0.5, 0.6) is 0 Å². The van der Waals surface area contributed by atoms with Crippen LogP contribution in [0.3, 0.4) is 0 Å². The van der Waals surface area contributed by atoms with Crippen molar-refractivity contribution >= 4 is 29.0 Å². The average Bonchev–Trinajstić information content (AvgIpc) is 3.53. The lowest BCUT2D eigenvalue weighted by Crippen LogP contribution is -2.42. The Labute approximate surface area is 213 Å². The second-order valence-corrected chi connectivity index (χ2v) is 8.48. The van der Waals surface area contributed by atoms with Crippen molar-refractivity contribution in [2.24, 2.45) is 5.73 Å². The number of carbonyl (C=O) groups excluding carboxylic acids is 1. The topological polar surface area (TPSA) is 165 Å². The molecule has 38 heavy (non-hydrogen) atoms. The molecule has 0 aliphatic heterocycles. The molecule has 5 N–H and O–H groups in total. The summed E-state index contributed by atoms with van der Waals surface area (Å²) in [7, 11) is 0. The standard InChI is InChI=1S/C21H23N9O.C2HF3O2/c22-17-5-1-2-6-18(17)27-19-7-9-29-20(28-19)16(12-25-29)21(31)26-14-10-24-30(13-14)15-4-3-8-23-11-15;3-2(4,5)1(6)7/h3-4,7-13,17-18H,1-2,5-6,22H2,(H,26,31)(H,27,28);(H,6,7). The highest BCUT2D eigenvalue weighted by atomic mass is 19.4. The number of amides is 1. The van der Waals surface area contributed by atoms with Crippen molar-refractivity contribution < 1.29 is 27.9 Å². The van der Waals surface area contributed by atoms with Gasteiger partial charge in [0.05, 0.1) is 36.2 Å². The van der Waals surface area contributed by atoms with Gasteiger partial charge in [-0.3, -0.25) is 9.78 Å². The van der Waals surface area contributed by atoms with Gasteiger partial charge in [0, 0.05) is 24.5 Å². The fourth-order valence-corrected chi connectivity index (χ4v) is 3.85. The number of carbonyl (C=O) groups is 2. The van der Waals surface area contributed by atoms with Crippen LogP contribution in [-0.2, 0) is 4.79 Å². The summed E-state index contributed by atoms with van der Waals surface area (Å²) in [6, 6.07) is 5.85. The summed E-state index contributed by atoms with van der Waals surface area (Å²) < 4.78 is 35.0. The molecule has 0 aromatic carbocycles. The zero-order valence-corrected chi connectivity index (χ0v) is 19.8. The Morgan fingerprint density at radius 2 is 1.87 bits per heavy atom. The molecule has 200 valence electrons. The molecule has 0 radical (unpaired) electrons. The summed E-state index contributed by atoms with van der Waals surface area (Å²) in [5.74, 6) is -2.37. The fourth-order valence-electron chi connectivity index (χ4n) is 3.85. The predicted octanol–water partition coefficient (Wildman–Crippen LogP) is 2.88. The van der Waals surface area contributed by atoms with Gasteiger partial charge in [0.15, 0.2) is 5.65 Å². The average molecular weight is 531 g/mol. The van der Waals surface area contributed by atoms with Crippen molar-refractivity contribution in [3.63, 3.8) is 0 Å². The number of halogens is 3. The number of nitrogens with two attached hydrogens (primary N) is 1. The molecule has 2 atom stereocenters. The van der Waals surface area contributed by atoms with Crippen molar-refractivity contribution in [1.29, 1.82) is 0 Å². The second-order valence-electron chi connectivity index (χ2n) is 8.48. The van der Waals surface area contributed by atoms with Gasteiger partial charge in [-0.05, 0) is 31.0 Å². The third-order valence-corrected chi connectivity index (χ3v) is 5.76. The van der Waals surface area contributed by atoms with Gasteiger partial charge in [-0.25, -0.2) is 19.0 Å². The summed E-state index contributed by atoms with van der Waals surface area (Å²) in [4.78, 5) is 30.5. The van der Waals surface area contributed by atoms with E-state index in [0.717, 1.165) is 31.4 Å². The minimum absolute atomic E-state index is 0.107. The molecule has 1 aliphatic rings. The molecule has 1 saturated carbocycles. The number of carboxylic acid groups (broad SMARTS) is 1. The number of carboxylic acids is 1. The highest BCUT2D eigenvalue weighted by molar-refractivity contribution is 6.08. The number of alkyl halides is 3. The van der Waals surface area contributed by atoms with Gasteiger partial charge in [-0.2, -0.15) is 23.4 Å². The highest BCUT2D eigenvalue weighted by Gasteiger charge is 2.38. The quantitative estimate of drug-likeness (QED) is 0.303. The number of aromatic nitrogens is 6. The Morgan fingerprint density at radius 3 is 2.55 bits per heavy atom. The van der Waals surface area contributed by atoms with E-state index >= 15 is 0 Å². The number of hydrogen-bond acceptors (Lipinski definition) is 8. The smallest absolute Gasteiger partial charge is 0.475 e. The molecular formula is C23H24F3N9O3. The molecule has 0 saturated heterocycles. The van der Waals surface area contributed by atoms with E-state index in [2.05, 4.69) is 30.8 Å². The van der Waals surface area contributed by atoms with E-state index in [0.29, 0.717) is 22.7 Å². The third-order valence-electron chi connectivity index (χ3n) is 5.76. The van der Waals surface area contributed by atoms with E-state index in [1.54, 1.807) is 40.2 Å². The van der Waals surface area contributed by atoms with Crippen LogP contribution >= 0.6 is 0 Å². The fraction of sp³-hybridized carbons (Fsp3) is 0.304. The number of aliphatic carboxylic acids is 1. The molecule has 0 spiro atoms. The Balaban J connectivity index is 0.000000426. The minimum Gasteiger partial charge on any atom is -0.475 e. The molecule has 4 aromatic heterocycles. The predicted molar refractivity (Wildman–Crippen MR) is 130 cm³/mol. The van der Waals surface area contributed by atoms with Crippen LogP contribution in [0.15, 0.2) is 55.4 Å². The Morgan fingerprint density at radius 1 is 1.11 bits per heavy atom. The summed E-state index contributed by atoms with van der Waals surface area (Å²) in [6.07, 6.45) is 9.26. The van der Waals surface area contributed by atoms with Crippen LogP contribution in [0, 0.1) is 0 Å². The molecular weight excluding hydrogens is 507 g/mol. The molecule has 12 nitrogen and oxygen atoms in total. The first kappa shape index (κ1) is 26.5. The number of pyridine rings is 1. The van der Waals surface area contributed by atoms with E-state index in [1.165, 1.54) is 6.20 Å². The zero-order chi connectivity index (χ0) is 27.3. The van der Waals surface area contributed by atoms with E-state index in [-0.39, 0.29) is 18.0 Å². The Hall–Kier alpha value is -4.53. The van der Waals surface area contributed by atoms with Crippen LogP contribution in [0.2, 0.25) is 0 Å². The summed E-state index contributed by atoms with van der Waals surface area (Å²) in [6.45, 7) is 0. The van der Waals surface area contributed by atoms with Gasteiger partial charge < -0.3 is 21.5 Å². The van der Waals surface area contributed by atoms with E-state index in [1.807, 2.05) is 18.2 Å². The molecule has 5 rings (SSSR count). The monoisotopic (exact) mass is 531 g/mol. The maximum absolute atomic E-state index is 12.9. The van der Waals surface area contributed by atoms with Crippen LogP contribution in [0.1, 0.15) is 36.0 Å². The number of nitrogens with one attached hydrogen (secondary N) is 2. The molecule has 1 aliphatic carbocycles. The minimum atomic E-state index is -5.08. The van der Waals surface area contributed by atoms with Gasteiger partial charge >= 0.3 is 12.1 Å². The van der Waals surface area contributed by atoms with Gasteiger partial charge in [0.1, 0.15) is 11.4 Å². The molecule has 15 heteroatoms. The van der Waals surface area contributed by atoms with Crippen molar-refractivity contribution in [2.45, 2.75) is 43.9 Å². The molecule has 1 amide bonds. The molecule has 2 unspecified atom stereocenters. The normalized spacial score (nSPS) is 17.4. The Kier molecular flexibility index (Phi) is 7.85. The SMILES string of the molecule is NC1CCCCC1Nc1ccn2ncc(C(=O)Nc3cnn(-c4cccnc4)c3)c2n1.O=C(O)C(F)(F)F. The van der Waals surface area contributed by atoms with E-state index in [4.69, 9.17) is 15.6 Å². The molecule has 4 heterocycles. The van der Waals surface area contributed by atoms with Crippen molar-refractivity contribution in [3.05, 3.63) is 60.9 Å². The summed E-state index contributed by atoms with van der Waals surface area (Å²) >= 11 is 0. The number of nitrogens with zero attached hydrogens (tertiary/aromatic N) is 6. The van der Waals surface area contributed by atoms with Crippen LogP contribution in [0.25, 0.3) is 11.3 Å². The van der Waals surface area contributed by atoms with Gasteiger partial charge in [0.25, 0.3) is 5.91 Å². The van der Waals surface area contributed by atoms with Crippen molar-refractivity contribution in [3.8, 4) is 5.69 Å². The first-order chi connectivity index (χ1) is 18.1. The number of rotatable bonds is 5. The lowest BCUT2D eigenvalue weighted by Gasteiger charge is -2.29. The molecule has 4 aromatic rings. The molecule has 0 bridgehead atoms. The van der Waals surface area contributed by atoms with Gasteiger partial charge in [-0.1, -0.05) is 12.8 Å². The number of fused-ring (bicyclic) bond motifs is 1.